The van der Waals surface area contributed by atoms with Crippen LogP contribution >= 0.6 is 11.3 Å². The molecule has 1 fully saturated rings. The molecule has 0 bridgehead atoms. The number of nitrogens with zero attached hydrogens (tertiary/aromatic N) is 2. The Labute approximate surface area is 139 Å². The quantitative estimate of drug-likeness (QED) is 0.933. The zero-order valence-electron chi connectivity index (χ0n) is 13.3. The molecule has 1 N–H and O–H groups in total. The minimum Gasteiger partial charge on any atom is -0.365 e. The normalized spacial score (nSPS) is 17.5. The lowest BCUT2D eigenvalue weighted by molar-refractivity contribution is 0.0782. The summed E-state index contributed by atoms with van der Waals surface area (Å²) in [5.74, 6) is 0.208. The third-order valence-corrected chi connectivity index (χ3v) is 5.13. The van der Waals surface area contributed by atoms with Gasteiger partial charge in [-0.1, -0.05) is 12.1 Å². The number of hydrogen-bond acceptors (Lipinski definition) is 4. The summed E-state index contributed by atoms with van der Waals surface area (Å²) >= 11 is 1.43. The molecule has 1 aliphatic rings. The first-order valence-electron chi connectivity index (χ1n) is 7.74. The molecule has 0 aliphatic carbocycles. The molecule has 0 saturated carbocycles. The van der Waals surface area contributed by atoms with Crippen LogP contribution in [0.1, 0.15) is 28.0 Å². The van der Waals surface area contributed by atoms with Gasteiger partial charge in [-0.3, -0.25) is 4.79 Å². The van der Waals surface area contributed by atoms with E-state index in [1.165, 1.54) is 11.3 Å². The first kappa shape index (κ1) is 15.9. The van der Waals surface area contributed by atoms with Crippen molar-refractivity contribution in [2.45, 2.75) is 19.8 Å². The number of halogens is 1. The monoisotopic (exact) mass is 333 g/mol. The number of anilines is 1. The molecule has 4 nitrogen and oxygen atoms in total. The molecule has 0 spiro atoms. The van der Waals surface area contributed by atoms with Crippen molar-refractivity contribution in [3.63, 3.8) is 0 Å². The van der Waals surface area contributed by atoms with Crippen molar-refractivity contribution >= 4 is 22.4 Å². The van der Waals surface area contributed by atoms with Gasteiger partial charge in [0.15, 0.2) is 5.13 Å². The van der Waals surface area contributed by atoms with Crippen molar-refractivity contribution in [2.75, 3.05) is 25.5 Å². The smallest absolute Gasteiger partial charge is 0.273 e. The van der Waals surface area contributed by atoms with Crippen LogP contribution in [-0.4, -0.2) is 35.9 Å². The minimum atomic E-state index is -0.157. The molecule has 23 heavy (non-hydrogen) atoms. The van der Waals surface area contributed by atoms with Gasteiger partial charge in [0, 0.05) is 25.5 Å². The van der Waals surface area contributed by atoms with Gasteiger partial charge in [-0.15, -0.1) is 11.3 Å². The third kappa shape index (κ3) is 3.52. The Kier molecular flexibility index (Phi) is 4.61. The van der Waals surface area contributed by atoms with Gasteiger partial charge in [0.2, 0.25) is 0 Å². The molecule has 1 aromatic heterocycles. The van der Waals surface area contributed by atoms with Gasteiger partial charge < -0.3 is 10.2 Å². The Hall–Kier alpha value is -1.95. The fraction of sp³-hybridized carbons (Fsp3) is 0.412. The average molecular weight is 333 g/mol. The number of hydrogen-bond donors (Lipinski definition) is 1. The molecule has 2 aromatic rings. The Morgan fingerprint density at radius 2 is 2.35 bits per heavy atom. The van der Waals surface area contributed by atoms with E-state index in [2.05, 4.69) is 10.3 Å². The molecule has 6 heteroatoms. The minimum absolute atomic E-state index is 0.0136. The maximum Gasteiger partial charge on any atom is 0.273 e. The Balaban J connectivity index is 1.61. The van der Waals surface area contributed by atoms with Gasteiger partial charge in [-0.05, 0) is 42.9 Å². The van der Waals surface area contributed by atoms with Crippen molar-refractivity contribution in [1.82, 2.24) is 9.88 Å². The molecule has 3 rings (SSSR count). The SMILES string of the molecule is CNc1nc(C(=O)N2CCC(Cc3ccc(C)c(F)c3)C2)cs1. The zero-order chi connectivity index (χ0) is 16.4. The van der Waals surface area contributed by atoms with Crippen LogP contribution in [0.25, 0.3) is 0 Å². The molecule has 1 saturated heterocycles. The van der Waals surface area contributed by atoms with Gasteiger partial charge >= 0.3 is 0 Å². The first-order chi connectivity index (χ1) is 11.1. The summed E-state index contributed by atoms with van der Waals surface area (Å²) in [7, 11) is 1.79. The molecule has 122 valence electrons. The Bertz CT molecular complexity index is 716. The van der Waals surface area contributed by atoms with Crippen molar-refractivity contribution in [3.8, 4) is 0 Å². The van der Waals surface area contributed by atoms with E-state index in [0.29, 0.717) is 23.7 Å². The summed E-state index contributed by atoms with van der Waals surface area (Å²) in [5.41, 5.74) is 2.17. The number of carbonyl (C=O) groups is 1. The fourth-order valence-corrected chi connectivity index (χ4v) is 3.57. The zero-order valence-corrected chi connectivity index (χ0v) is 14.1. The topological polar surface area (TPSA) is 45.2 Å². The average Bonchev–Trinajstić information content (AvgIpc) is 3.19. The van der Waals surface area contributed by atoms with Crippen LogP contribution in [0.3, 0.4) is 0 Å². The number of benzene rings is 1. The highest BCUT2D eigenvalue weighted by molar-refractivity contribution is 7.13. The predicted molar refractivity (Wildman–Crippen MR) is 90.5 cm³/mol. The highest BCUT2D eigenvalue weighted by Crippen LogP contribution is 2.24. The molecular formula is C17H20FN3OS. The third-order valence-electron chi connectivity index (χ3n) is 4.27. The number of amides is 1. The molecule has 1 aliphatic heterocycles. The van der Waals surface area contributed by atoms with Crippen LogP contribution < -0.4 is 5.32 Å². The second-order valence-electron chi connectivity index (χ2n) is 5.98. The van der Waals surface area contributed by atoms with Crippen LogP contribution in [0.2, 0.25) is 0 Å². The second-order valence-corrected chi connectivity index (χ2v) is 6.84. The van der Waals surface area contributed by atoms with Crippen LogP contribution in [0.15, 0.2) is 23.6 Å². The van der Waals surface area contributed by atoms with Crippen LogP contribution in [-0.2, 0) is 6.42 Å². The van der Waals surface area contributed by atoms with Crippen LogP contribution in [0.5, 0.6) is 0 Å². The van der Waals surface area contributed by atoms with Crippen molar-refractivity contribution < 1.29 is 9.18 Å². The van der Waals surface area contributed by atoms with Crippen LogP contribution in [0.4, 0.5) is 9.52 Å². The maximum absolute atomic E-state index is 13.6. The molecule has 0 radical (unpaired) electrons. The summed E-state index contributed by atoms with van der Waals surface area (Å²) in [4.78, 5) is 18.6. The van der Waals surface area contributed by atoms with E-state index in [1.54, 1.807) is 25.4 Å². The summed E-state index contributed by atoms with van der Waals surface area (Å²) in [5, 5.41) is 5.48. The fourth-order valence-electron chi connectivity index (χ4n) is 2.93. The summed E-state index contributed by atoms with van der Waals surface area (Å²) in [6.07, 6.45) is 1.75. The Morgan fingerprint density at radius 3 is 3.04 bits per heavy atom. The molecule has 2 heterocycles. The van der Waals surface area contributed by atoms with Gasteiger partial charge in [0.25, 0.3) is 5.91 Å². The largest absolute Gasteiger partial charge is 0.365 e. The second kappa shape index (κ2) is 6.66. The lowest BCUT2D eigenvalue weighted by atomic mass is 9.98. The van der Waals surface area contributed by atoms with E-state index in [-0.39, 0.29) is 11.7 Å². The highest BCUT2D eigenvalue weighted by Gasteiger charge is 2.28. The number of carbonyl (C=O) groups excluding carboxylic acids is 1. The number of aromatic nitrogens is 1. The van der Waals surface area contributed by atoms with E-state index in [1.807, 2.05) is 17.0 Å². The number of nitrogens with one attached hydrogen (secondary N) is 1. The van der Waals surface area contributed by atoms with Gasteiger partial charge in [-0.25, -0.2) is 9.37 Å². The Morgan fingerprint density at radius 1 is 1.52 bits per heavy atom. The van der Waals surface area contributed by atoms with E-state index in [4.69, 9.17) is 0 Å². The number of thiazole rings is 1. The van der Waals surface area contributed by atoms with Crippen LogP contribution in [0, 0.1) is 18.7 Å². The lowest BCUT2D eigenvalue weighted by Crippen LogP contribution is -2.29. The van der Waals surface area contributed by atoms with E-state index >= 15 is 0 Å². The summed E-state index contributed by atoms with van der Waals surface area (Å²) in [6.45, 7) is 3.22. The standard InChI is InChI=1S/C17H20FN3OS/c1-11-3-4-12(8-14(11)18)7-13-5-6-21(9-13)16(22)15-10-23-17(19-2)20-15/h3-4,8,10,13H,5-7,9H2,1-2H3,(H,19,20). The summed E-state index contributed by atoms with van der Waals surface area (Å²) < 4.78 is 13.6. The molecule has 1 amide bonds. The maximum atomic E-state index is 13.6. The van der Waals surface area contributed by atoms with Gasteiger partial charge in [0.05, 0.1) is 0 Å². The molecule has 1 aromatic carbocycles. The number of aryl methyl sites for hydroxylation is 1. The number of rotatable bonds is 4. The first-order valence-corrected chi connectivity index (χ1v) is 8.62. The highest BCUT2D eigenvalue weighted by atomic mass is 32.1. The molecule has 1 unspecified atom stereocenters. The van der Waals surface area contributed by atoms with Crippen molar-refractivity contribution in [3.05, 3.63) is 46.2 Å². The van der Waals surface area contributed by atoms with Crippen molar-refractivity contribution in [1.29, 1.82) is 0 Å². The predicted octanol–water partition coefficient (Wildman–Crippen LogP) is 3.34. The van der Waals surface area contributed by atoms with Crippen molar-refractivity contribution in [2.24, 2.45) is 5.92 Å². The lowest BCUT2D eigenvalue weighted by Gasteiger charge is -2.15. The number of likely N-dealkylation sites (tertiary alicyclic amines) is 1. The van der Waals surface area contributed by atoms with E-state index in [9.17, 15) is 9.18 Å². The van der Waals surface area contributed by atoms with E-state index < -0.39 is 0 Å². The molecular weight excluding hydrogens is 313 g/mol. The van der Waals surface area contributed by atoms with Gasteiger partial charge in [-0.2, -0.15) is 0 Å². The summed E-state index contributed by atoms with van der Waals surface area (Å²) in [6, 6.07) is 5.40. The van der Waals surface area contributed by atoms with Gasteiger partial charge in [0.1, 0.15) is 11.5 Å². The molecule has 1 atom stereocenters. The van der Waals surface area contributed by atoms with E-state index in [0.717, 1.165) is 30.1 Å².